The third-order valence-electron chi connectivity index (χ3n) is 4.19. The van der Waals surface area contributed by atoms with Crippen molar-refractivity contribution in [1.29, 1.82) is 0 Å². The number of ether oxygens (including phenoxy) is 1. The van der Waals surface area contributed by atoms with E-state index >= 15 is 0 Å². The first-order chi connectivity index (χ1) is 14.8. The lowest BCUT2D eigenvalue weighted by molar-refractivity contribution is 0.0527. The number of carbonyl (C=O) groups excluding carboxylic acids is 2. The Kier molecular flexibility index (Phi) is 6.94. The largest absolute Gasteiger partial charge is 0.462 e. The van der Waals surface area contributed by atoms with E-state index in [4.69, 9.17) is 16.3 Å². The van der Waals surface area contributed by atoms with Crippen molar-refractivity contribution in [3.63, 3.8) is 0 Å². The summed E-state index contributed by atoms with van der Waals surface area (Å²) in [6.07, 6.45) is 0. The summed E-state index contributed by atoms with van der Waals surface area (Å²) < 4.78 is 32.5. The molecule has 0 heterocycles. The van der Waals surface area contributed by atoms with Crippen LogP contribution in [0.1, 0.15) is 27.6 Å². The Morgan fingerprint density at radius 3 is 2.32 bits per heavy atom. The van der Waals surface area contributed by atoms with Gasteiger partial charge in [0.15, 0.2) is 0 Å². The van der Waals surface area contributed by atoms with Gasteiger partial charge in [-0.2, -0.15) is 0 Å². The third kappa shape index (κ3) is 5.42. The van der Waals surface area contributed by atoms with E-state index in [-0.39, 0.29) is 39.0 Å². The molecule has 0 atom stereocenters. The van der Waals surface area contributed by atoms with Gasteiger partial charge in [0.2, 0.25) is 0 Å². The Morgan fingerprint density at radius 1 is 0.935 bits per heavy atom. The smallest absolute Gasteiger partial charge is 0.340 e. The summed E-state index contributed by atoms with van der Waals surface area (Å²) in [5, 5.41) is 2.75. The number of nitrogens with one attached hydrogen (secondary N) is 2. The predicted molar refractivity (Wildman–Crippen MR) is 119 cm³/mol. The first-order valence-electron chi connectivity index (χ1n) is 9.26. The number of sulfonamides is 1. The van der Waals surface area contributed by atoms with Crippen LogP contribution in [0, 0.1) is 0 Å². The van der Waals surface area contributed by atoms with Gasteiger partial charge in [0, 0.05) is 5.69 Å². The van der Waals surface area contributed by atoms with Crippen LogP contribution in [0.3, 0.4) is 0 Å². The Morgan fingerprint density at radius 2 is 1.61 bits per heavy atom. The normalized spacial score (nSPS) is 10.9. The van der Waals surface area contributed by atoms with Crippen LogP contribution >= 0.6 is 11.6 Å². The van der Waals surface area contributed by atoms with Gasteiger partial charge < -0.3 is 10.1 Å². The lowest BCUT2D eigenvalue weighted by Crippen LogP contribution is -2.17. The molecule has 3 aromatic carbocycles. The molecule has 9 heteroatoms. The molecule has 0 bridgehead atoms. The Bertz CT molecular complexity index is 1210. The molecule has 0 saturated heterocycles. The molecule has 0 aliphatic rings. The Labute approximate surface area is 185 Å². The van der Waals surface area contributed by atoms with E-state index in [1.165, 1.54) is 36.4 Å². The maximum Gasteiger partial charge on any atom is 0.340 e. The molecule has 0 radical (unpaired) electrons. The minimum absolute atomic E-state index is 0.0357. The van der Waals surface area contributed by atoms with E-state index in [1.807, 2.05) is 0 Å². The zero-order chi connectivity index (χ0) is 22.4. The monoisotopic (exact) mass is 458 g/mol. The summed E-state index contributed by atoms with van der Waals surface area (Å²) in [4.78, 5) is 25.0. The van der Waals surface area contributed by atoms with Gasteiger partial charge in [-0.25, -0.2) is 13.2 Å². The maximum absolute atomic E-state index is 12.8. The second-order valence-electron chi connectivity index (χ2n) is 6.33. The molecular weight excluding hydrogens is 440 g/mol. The van der Waals surface area contributed by atoms with Gasteiger partial charge in [-0.3, -0.25) is 9.52 Å². The molecule has 160 valence electrons. The van der Waals surface area contributed by atoms with Gasteiger partial charge in [0.25, 0.3) is 15.9 Å². The quantitative estimate of drug-likeness (QED) is 0.505. The number of carbonyl (C=O) groups is 2. The zero-order valence-electron chi connectivity index (χ0n) is 16.5. The van der Waals surface area contributed by atoms with E-state index in [0.717, 1.165) is 0 Å². The highest BCUT2D eigenvalue weighted by Gasteiger charge is 2.19. The van der Waals surface area contributed by atoms with Crippen molar-refractivity contribution < 1.29 is 22.7 Å². The van der Waals surface area contributed by atoms with Crippen molar-refractivity contribution >= 4 is 44.9 Å². The average molecular weight is 459 g/mol. The number of para-hydroxylation sites is 1. The zero-order valence-corrected chi connectivity index (χ0v) is 18.0. The van der Waals surface area contributed by atoms with Crippen LogP contribution in [-0.4, -0.2) is 26.9 Å². The molecule has 0 spiro atoms. The van der Waals surface area contributed by atoms with E-state index in [9.17, 15) is 18.0 Å². The molecule has 7 nitrogen and oxygen atoms in total. The van der Waals surface area contributed by atoms with Crippen molar-refractivity contribution in [3.8, 4) is 0 Å². The molecule has 2 N–H and O–H groups in total. The molecule has 1 amide bonds. The number of hydrogen-bond donors (Lipinski definition) is 2. The van der Waals surface area contributed by atoms with Crippen LogP contribution in [0.2, 0.25) is 5.02 Å². The second-order valence-corrected chi connectivity index (χ2v) is 8.42. The van der Waals surface area contributed by atoms with Gasteiger partial charge in [0.05, 0.1) is 33.3 Å². The van der Waals surface area contributed by atoms with Crippen molar-refractivity contribution in [1.82, 2.24) is 0 Å². The minimum Gasteiger partial charge on any atom is -0.462 e. The van der Waals surface area contributed by atoms with Crippen LogP contribution in [0.25, 0.3) is 0 Å². The van der Waals surface area contributed by atoms with E-state index in [2.05, 4.69) is 10.0 Å². The molecule has 0 unspecified atom stereocenters. The van der Waals surface area contributed by atoms with Crippen LogP contribution < -0.4 is 10.0 Å². The molecule has 3 rings (SSSR count). The number of halogens is 1. The van der Waals surface area contributed by atoms with Gasteiger partial charge in [-0.05, 0) is 49.4 Å². The number of hydrogen-bond acceptors (Lipinski definition) is 5. The number of benzene rings is 3. The van der Waals surface area contributed by atoms with E-state index < -0.39 is 21.9 Å². The van der Waals surface area contributed by atoms with E-state index in [0.29, 0.717) is 0 Å². The fourth-order valence-corrected chi connectivity index (χ4v) is 4.02. The first-order valence-corrected chi connectivity index (χ1v) is 11.1. The molecule has 0 aliphatic carbocycles. The summed E-state index contributed by atoms with van der Waals surface area (Å²) >= 11 is 6.17. The lowest BCUT2D eigenvalue weighted by Gasteiger charge is -2.13. The number of rotatable bonds is 7. The van der Waals surface area contributed by atoms with Crippen LogP contribution in [0.15, 0.2) is 77.7 Å². The summed E-state index contributed by atoms with van der Waals surface area (Å²) in [6.45, 7) is 1.87. The van der Waals surface area contributed by atoms with Crippen LogP contribution in [0.4, 0.5) is 11.4 Å². The molecule has 3 aromatic rings. The van der Waals surface area contributed by atoms with Crippen molar-refractivity contribution in [2.45, 2.75) is 11.8 Å². The highest BCUT2D eigenvalue weighted by atomic mass is 35.5. The maximum atomic E-state index is 12.8. The number of anilines is 2. The van der Waals surface area contributed by atoms with Crippen molar-refractivity contribution in [3.05, 3.63) is 88.9 Å². The number of amides is 1. The fourth-order valence-electron chi connectivity index (χ4n) is 2.75. The van der Waals surface area contributed by atoms with Crippen molar-refractivity contribution in [2.24, 2.45) is 0 Å². The summed E-state index contributed by atoms with van der Waals surface area (Å²) in [6, 6.07) is 18.4. The molecule has 0 saturated carbocycles. The Balaban J connectivity index is 1.86. The SMILES string of the molecule is CCOC(=O)c1ccccc1NC(=O)c1cc(NS(=O)(=O)c2ccccc2)ccc1Cl. The van der Waals surface area contributed by atoms with Gasteiger partial charge in [-0.1, -0.05) is 41.9 Å². The van der Waals surface area contributed by atoms with Crippen LogP contribution in [-0.2, 0) is 14.8 Å². The molecule has 31 heavy (non-hydrogen) atoms. The highest BCUT2D eigenvalue weighted by Crippen LogP contribution is 2.25. The topological polar surface area (TPSA) is 102 Å². The van der Waals surface area contributed by atoms with Gasteiger partial charge in [-0.15, -0.1) is 0 Å². The van der Waals surface area contributed by atoms with E-state index in [1.54, 1.807) is 43.3 Å². The molecule has 0 aliphatic heterocycles. The second kappa shape index (κ2) is 9.63. The molecular formula is C22H19ClN2O5S. The summed E-state index contributed by atoms with van der Waals surface area (Å²) in [5.41, 5.74) is 0.637. The summed E-state index contributed by atoms with van der Waals surface area (Å²) in [5.74, 6) is -1.18. The Hall–Kier alpha value is -3.36. The standard InChI is InChI=1S/C22H19ClN2O5S/c1-2-30-22(27)17-10-6-7-11-20(17)24-21(26)18-14-15(12-13-19(18)23)25-31(28,29)16-8-4-3-5-9-16/h3-14,25H,2H2,1H3,(H,24,26). The first kappa shape index (κ1) is 22.3. The third-order valence-corrected chi connectivity index (χ3v) is 5.91. The van der Waals surface area contributed by atoms with Crippen LogP contribution in [0.5, 0.6) is 0 Å². The molecule has 0 fully saturated rings. The average Bonchev–Trinajstić information content (AvgIpc) is 2.76. The minimum atomic E-state index is -3.84. The van der Waals surface area contributed by atoms with Crippen molar-refractivity contribution in [2.75, 3.05) is 16.6 Å². The lowest BCUT2D eigenvalue weighted by atomic mass is 10.1. The predicted octanol–water partition coefficient (Wildman–Crippen LogP) is 4.57. The summed E-state index contributed by atoms with van der Waals surface area (Å²) in [7, 11) is -3.84. The fraction of sp³-hybridized carbons (Fsp3) is 0.0909. The molecule has 0 aromatic heterocycles. The highest BCUT2D eigenvalue weighted by molar-refractivity contribution is 7.92. The van der Waals surface area contributed by atoms with Gasteiger partial charge in [0.1, 0.15) is 0 Å². The number of esters is 1. The van der Waals surface area contributed by atoms with Gasteiger partial charge >= 0.3 is 5.97 Å².